The summed E-state index contributed by atoms with van der Waals surface area (Å²) in [5.41, 5.74) is 8.14. The van der Waals surface area contributed by atoms with Crippen LogP contribution in [0.25, 0.3) is 50.4 Å². The van der Waals surface area contributed by atoms with Gasteiger partial charge in [-0.1, -0.05) is 141 Å². The number of rotatable bonds is 8. The van der Waals surface area contributed by atoms with E-state index in [0.29, 0.717) is 0 Å². The van der Waals surface area contributed by atoms with E-state index in [0.717, 1.165) is 23.1 Å². The highest BCUT2D eigenvalue weighted by Gasteiger charge is 2.16. The zero-order valence-corrected chi connectivity index (χ0v) is 21.0. The van der Waals surface area contributed by atoms with Gasteiger partial charge in [-0.3, -0.25) is 0 Å². The first-order valence-electron chi connectivity index (χ1n) is 12.6. The van der Waals surface area contributed by atoms with Crippen molar-refractivity contribution in [2.24, 2.45) is 0 Å². The molecule has 0 bridgehead atoms. The maximum absolute atomic E-state index is 4.21. The van der Waals surface area contributed by atoms with Crippen LogP contribution < -0.4 is 0 Å². The molecule has 0 saturated heterocycles. The summed E-state index contributed by atoms with van der Waals surface area (Å²) in [6.07, 6.45) is 13.2. The minimum absolute atomic E-state index is 0.875. The standard InChI is InChI=1S/C37H30/c1-4-16-28(22-15-19-27-17-9-7-10-18-27)35-26-36-31(6-3)30(5-2)34(29-20-11-8-12-21-29)25-37(36)33-24-14-13-23-32(33)35/h4-18,20-26H,1-3,19H2/b22-15-,28-16+. The van der Waals surface area contributed by atoms with Crippen LogP contribution in [0.5, 0.6) is 0 Å². The zero-order chi connectivity index (χ0) is 25.6. The second-order valence-corrected chi connectivity index (χ2v) is 9.04. The number of benzene rings is 5. The van der Waals surface area contributed by atoms with Gasteiger partial charge in [0.2, 0.25) is 0 Å². The molecule has 0 aliphatic heterocycles. The van der Waals surface area contributed by atoms with E-state index < -0.39 is 0 Å². The lowest BCUT2D eigenvalue weighted by Crippen LogP contribution is -1.94. The van der Waals surface area contributed by atoms with Crippen molar-refractivity contribution >= 4 is 39.3 Å². The van der Waals surface area contributed by atoms with Gasteiger partial charge in [-0.05, 0) is 79.1 Å². The Hall–Kier alpha value is -4.68. The summed E-state index contributed by atoms with van der Waals surface area (Å²) in [6, 6.07) is 34.3. The summed E-state index contributed by atoms with van der Waals surface area (Å²) in [4.78, 5) is 0. The molecule has 5 rings (SSSR count). The van der Waals surface area contributed by atoms with E-state index >= 15 is 0 Å². The Morgan fingerprint density at radius 2 is 1.27 bits per heavy atom. The number of hydrogen-bond acceptors (Lipinski definition) is 0. The van der Waals surface area contributed by atoms with Crippen molar-refractivity contribution in [3.8, 4) is 11.1 Å². The second kappa shape index (κ2) is 10.9. The van der Waals surface area contributed by atoms with Gasteiger partial charge in [0.25, 0.3) is 0 Å². The van der Waals surface area contributed by atoms with Gasteiger partial charge in [0.15, 0.2) is 0 Å². The normalized spacial score (nSPS) is 11.7. The maximum Gasteiger partial charge on any atom is -0.00923 e. The van der Waals surface area contributed by atoms with Crippen LogP contribution in [0.4, 0.5) is 0 Å². The molecule has 0 N–H and O–H groups in total. The summed E-state index contributed by atoms with van der Waals surface area (Å²) < 4.78 is 0. The van der Waals surface area contributed by atoms with Crippen molar-refractivity contribution in [2.75, 3.05) is 0 Å². The lowest BCUT2D eigenvalue weighted by Gasteiger charge is -2.18. The van der Waals surface area contributed by atoms with Gasteiger partial charge in [0, 0.05) is 0 Å². The summed E-state index contributed by atoms with van der Waals surface area (Å²) in [5, 5.41) is 4.82. The van der Waals surface area contributed by atoms with E-state index in [-0.39, 0.29) is 0 Å². The summed E-state index contributed by atoms with van der Waals surface area (Å²) in [6.45, 7) is 12.4. The first-order chi connectivity index (χ1) is 18.2. The number of allylic oxidation sites excluding steroid dienone is 5. The quantitative estimate of drug-likeness (QED) is 0.155. The third-order valence-electron chi connectivity index (χ3n) is 6.84. The van der Waals surface area contributed by atoms with Crippen LogP contribution in [-0.4, -0.2) is 0 Å². The van der Waals surface area contributed by atoms with Crippen molar-refractivity contribution in [3.63, 3.8) is 0 Å². The third-order valence-corrected chi connectivity index (χ3v) is 6.84. The van der Waals surface area contributed by atoms with E-state index in [1.54, 1.807) is 0 Å². The predicted octanol–water partition coefficient (Wildman–Crippen LogP) is 10.3. The Kier molecular flexibility index (Phi) is 7.10. The van der Waals surface area contributed by atoms with Crippen LogP contribution in [0.3, 0.4) is 0 Å². The van der Waals surface area contributed by atoms with Crippen molar-refractivity contribution in [1.82, 2.24) is 0 Å². The number of fused-ring (bicyclic) bond motifs is 3. The largest absolute Gasteiger partial charge is 0.0990 e. The molecule has 0 radical (unpaired) electrons. The Labute approximate surface area is 219 Å². The molecule has 0 aliphatic rings. The van der Waals surface area contributed by atoms with E-state index in [1.807, 2.05) is 24.3 Å². The summed E-state index contributed by atoms with van der Waals surface area (Å²) >= 11 is 0. The smallest absolute Gasteiger partial charge is 0.00923 e. The average Bonchev–Trinajstić information content (AvgIpc) is 2.96. The van der Waals surface area contributed by atoms with Gasteiger partial charge < -0.3 is 0 Å². The van der Waals surface area contributed by atoms with Gasteiger partial charge in [0.05, 0.1) is 0 Å². The van der Waals surface area contributed by atoms with Crippen LogP contribution in [0.1, 0.15) is 22.3 Å². The highest BCUT2D eigenvalue weighted by Crippen LogP contribution is 2.40. The lowest BCUT2D eigenvalue weighted by molar-refractivity contribution is 1.27. The molecule has 178 valence electrons. The molecule has 37 heavy (non-hydrogen) atoms. The molecule has 0 aliphatic carbocycles. The van der Waals surface area contributed by atoms with E-state index in [2.05, 4.69) is 129 Å². The maximum atomic E-state index is 4.21. The average molecular weight is 475 g/mol. The molecular formula is C37H30. The fraction of sp³-hybridized carbons (Fsp3) is 0.0270. The Morgan fingerprint density at radius 3 is 1.95 bits per heavy atom. The molecule has 0 heteroatoms. The molecule has 0 fully saturated rings. The molecule has 0 atom stereocenters. The van der Waals surface area contributed by atoms with Gasteiger partial charge >= 0.3 is 0 Å². The molecule has 0 nitrogen and oxygen atoms in total. The number of hydrogen-bond donors (Lipinski definition) is 0. The van der Waals surface area contributed by atoms with Crippen molar-refractivity contribution in [3.05, 3.63) is 163 Å². The van der Waals surface area contributed by atoms with Gasteiger partial charge in [-0.15, -0.1) is 0 Å². The minimum Gasteiger partial charge on any atom is -0.0990 e. The van der Waals surface area contributed by atoms with Crippen LogP contribution >= 0.6 is 0 Å². The molecule has 0 unspecified atom stereocenters. The molecular weight excluding hydrogens is 444 g/mol. The van der Waals surface area contributed by atoms with E-state index in [9.17, 15) is 0 Å². The molecule has 0 spiro atoms. The Balaban J connectivity index is 1.76. The van der Waals surface area contributed by atoms with E-state index in [1.165, 1.54) is 43.8 Å². The minimum atomic E-state index is 0.875. The lowest BCUT2D eigenvalue weighted by atomic mass is 9.85. The first-order valence-corrected chi connectivity index (χ1v) is 12.6. The summed E-state index contributed by atoms with van der Waals surface area (Å²) in [5.74, 6) is 0. The van der Waals surface area contributed by atoms with Crippen molar-refractivity contribution in [1.29, 1.82) is 0 Å². The molecule has 0 amide bonds. The third kappa shape index (κ3) is 4.75. The fourth-order valence-corrected chi connectivity index (χ4v) is 5.12. The molecule has 0 aromatic heterocycles. The fourth-order valence-electron chi connectivity index (χ4n) is 5.12. The van der Waals surface area contributed by atoms with Gasteiger partial charge in [-0.2, -0.15) is 0 Å². The topological polar surface area (TPSA) is 0 Å². The monoisotopic (exact) mass is 474 g/mol. The molecule has 5 aromatic carbocycles. The Bertz CT molecular complexity index is 1660. The van der Waals surface area contributed by atoms with Crippen molar-refractivity contribution in [2.45, 2.75) is 6.42 Å². The molecule has 5 aromatic rings. The molecule has 0 heterocycles. The first kappa shape index (κ1) is 24.0. The summed E-state index contributed by atoms with van der Waals surface area (Å²) in [7, 11) is 0. The SMILES string of the molecule is C=C/C=C(\C=C/Cc1ccccc1)c1cc2c(C=C)c(C=C)c(-c3ccccc3)cc2c2ccccc12. The van der Waals surface area contributed by atoms with Gasteiger partial charge in [0.1, 0.15) is 0 Å². The molecule has 0 saturated carbocycles. The highest BCUT2D eigenvalue weighted by atomic mass is 14.2. The van der Waals surface area contributed by atoms with E-state index in [4.69, 9.17) is 0 Å². The van der Waals surface area contributed by atoms with Crippen LogP contribution in [0, 0.1) is 0 Å². The second-order valence-electron chi connectivity index (χ2n) is 9.04. The van der Waals surface area contributed by atoms with Crippen molar-refractivity contribution < 1.29 is 0 Å². The Morgan fingerprint density at radius 1 is 0.622 bits per heavy atom. The van der Waals surface area contributed by atoms with Crippen LogP contribution in [0.2, 0.25) is 0 Å². The van der Waals surface area contributed by atoms with Crippen LogP contribution in [-0.2, 0) is 6.42 Å². The van der Waals surface area contributed by atoms with Gasteiger partial charge in [-0.25, -0.2) is 0 Å². The van der Waals surface area contributed by atoms with Crippen LogP contribution in [0.15, 0.2) is 141 Å². The highest BCUT2D eigenvalue weighted by molar-refractivity contribution is 6.16. The predicted molar refractivity (Wildman–Crippen MR) is 165 cm³/mol. The zero-order valence-electron chi connectivity index (χ0n) is 21.0.